The molecular formula is C12H15N5O3S. The molecule has 0 radical (unpaired) electrons. The van der Waals surface area contributed by atoms with E-state index in [1.807, 2.05) is 0 Å². The summed E-state index contributed by atoms with van der Waals surface area (Å²) in [5.74, 6) is 0.214. The first-order valence-electron chi connectivity index (χ1n) is 6.02. The van der Waals surface area contributed by atoms with E-state index in [2.05, 4.69) is 19.7 Å². The minimum Gasteiger partial charge on any atom is -0.481 e. The number of methoxy groups -OCH3 is 1. The Morgan fingerprint density at radius 3 is 2.67 bits per heavy atom. The molecule has 0 spiro atoms. The van der Waals surface area contributed by atoms with Crippen molar-refractivity contribution in [3.63, 3.8) is 0 Å². The van der Waals surface area contributed by atoms with Crippen LogP contribution in [0.5, 0.6) is 5.88 Å². The molecule has 3 N–H and O–H groups in total. The summed E-state index contributed by atoms with van der Waals surface area (Å²) >= 11 is 0. The van der Waals surface area contributed by atoms with Crippen molar-refractivity contribution in [3.05, 3.63) is 35.8 Å². The molecule has 0 saturated carbocycles. The van der Waals surface area contributed by atoms with Gasteiger partial charge in [-0.15, -0.1) is 0 Å². The molecule has 0 unspecified atom stereocenters. The van der Waals surface area contributed by atoms with Crippen LogP contribution in [0.25, 0.3) is 0 Å². The van der Waals surface area contributed by atoms with E-state index in [9.17, 15) is 8.42 Å². The molecule has 0 aromatic carbocycles. The van der Waals surface area contributed by atoms with E-state index in [1.54, 1.807) is 19.1 Å². The lowest BCUT2D eigenvalue weighted by atomic mass is 10.4. The highest BCUT2D eigenvalue weighted by atomic mass is 32.2. The smallest absolute Gasteiger partial charge is 0.265 e. The lowest BCUT2D eigenvalue weighted by Crippen LogP contribution is -2.16. The third kappa shape index (κ3) is 3.64. The number of hydrogen-bond acceptors (Lipinski definition) is 7. The molecule has 0 aliphatic carbocycles. The Morgan fingerprint density at radius 2 is 2.10 bits per heavy atom. The molecule has 8 nitrogen and oxygen atoms in total. The van der Waals surface area contributed by atoms with Crippen LogP contribution in [0.4, 0.5) is 5.95 Å². The second-order valence-corrected chi connectivity index (χ2v) is 5.85. The molecule has 2 aromatic heterocycles. The Hall–Kier alpha value is -2.26. The van der Waals surface area contributed by atoms with Gasteiger partial charge in [0.15, 0.2) is 0 Å². The molecule has 0 saturated heterocycles. The van der Waals surface area contributed by atoms with Crippen LogP contribution in [-0.2, 0) is 16.6 Å². The number of rotatable bonds is 5. The Bertz CT molecular complexity index is 731. The van der Waals surface area contributed by atoms with Gasteiger partial charge in [-0.1, -0.05) is 0 Å². The summed E-state index contributed by atoms with van der Waals surface area (Å²) in [6.45, 7) is 1.95. The number of nitrogens with two attached hydrogens (primary N) is 1. The van der Waals surface area contributed by atoms with Gasteiger partial charge in [0.2, 0.25) is 11.8 Å². The van der Waals surface area contributed by atoms with Gasteiger partial charge in [-0.2, -0.15) is 4.98 Å². The van der Waals surface area contributed by atoms with Gasteiger partial charge in [0.25, 0.3) is 10.0 Å². The lowest BCUT2D eigenvalue weighted by Gasteiger charge is -2.08. The zero-order valence-corrected chi connectivity index (χ0v) is 12.4. The Balaban J connectivity index is 2.30. The van der Waals surface area contributed by atoms with Gasteiger partial charge in [0, 0.05) is 24.5 Å². The van der Waals surface area contributed by atoms with Crippen molar-refractivity contribution < 1.29 is 13.2 Å². The second-order valence-electron chi connectivity index (χ2n) is 4.17. The average molecular weight is 309 g/mol. The van der Waals surface area contributed by atoms with Gasteiger partial charge >= 0.3 is 0 Å². The summed E-state index contributed by atoms with van der Waals surface area (Å²) in [6, 6.07) is 4.56. The molecule has 0 atom stereocenters. The van der Waals surface area contributed by atoms with Gasteiger partial charge in [0.05, 0.1) is 12.8 Å². The van der Waals surface area contributed by atoms with Crippen molar-refractivity contribution in [1.29, 1.82) is 0 Å². The van der Waals surface area contributed by atoms with Crippen LogP contribution in [0.3, 0.4) is 0 Å². The number of ether oxygens (including phenoxy) is 1. The molecule has 112 valence electrons. The van der Waals surface area contributed by atoms with Gasteiger partial charge < -0.3 is 10.5 Å². The van der Waals surface area contributed by atoms with Gasteiger partial charge in [0.1, 0.15) is 4.90 Å². The van der Waals surface area contributed by atoms with Crippen LogP contribution in [0.2, 0.25) is 0 Å². The van der Waals surface area contributed by atoms with Crippen molar-refractivity contribution in [2.45, 2.75) is 18.4 Å². The van der Waals surface area contributed by atoms with Crippen molar-refractivity contribution in [2.75, 3.05) is 11.8 Å². The van der Waals surface area contributed by atoms with E-state index >= 15 is 0 Å². The highest BCUT2D eigenvalue weighted by Gasteiger charge is 2.17. The molecule has 0 aliphatic rings. The Kier molecular flexibility index (Phi) is 4.34. The summed E-state index contributed by atoms with van der Waals surface area (Å²) in [5, 5.41) is 0. The predicted molar refractivity (Wildman–Crippen MR) is 76.3 cm³/mol. The Morgan fingerprint density at radius 1 is 1.33 bits per heavy atom. The Labute approximate surface area is 122 Å². The largest absolute Gasteiger partial charge is 0.481 e. The molecule has 0 bridgehead atoms. The predicted octanol–water partition coefficient (Wildman–Crippen LogP) is 0.448. The SMILES string of the molecule is COc1cc(C)nc(NS(=O)(=O)c2ccc(CN)nc2)n1. The average Bonchev–Trinajstić information content (AvgIpc) is 2.46. The van der Waals surface area contributed by atoms with Crippen LogP contribution >= 0.6 is 0 Å². The number of nitrogens with one attached hydrogen (secondary N) is 1. The highest BCUT2D eigenvalue weighted by molar-refractivity contribution is 7.92. The molecule has 0 aliphatic heterocycles. The first-order valence-corrected chi connectivity index (χ1v) is 7.50. The highest BCUT2D eigenvalue weighted by Crippen LogP contribution is 2.16. The van der Waals surface area contributed by atoms with Gasteiger partial charge in [-0.05, 0) is 19.1 Å². The number of aryl methyl sites for hydroxylation is 1. The first kappa shape index (κ1) is 15.1. The third-order valence-electron chi connectivity index (χ3n) is 2.58. The minimum atomic E-state index is -3.81. The van der Waals surface area contributed by atoms with E-state index in [-0.39, 0.29) is 23.3 Å². The number of hydrogen-bond donors (Lipinski definition) is 2. The fourth-order valence-corrected chi connectivity index (χ4v) is 2.45. The van der Waals surface area contributed by atoms with Crippen LogP contribution in [0.1, 0.15) is 11.4 Å². The van der Waals surface area contributed by atoms with Crippen LogP contribution in [-0.4, -0.2) is 30.5 Å². The van der Waals surface area contributed by atoms with Crippen molar-refractivity contribution >= 4 is 16.0 Å². The fourth-order valence-electron chi connectivity index (χ4n) is 1.56. The van der Waals surface area contributed by atoms with Crippen LogP contribution in [0.15, 0.2) is 29.3 Å². The number of nitrogens with zero attached hydrogens (tertiary/aromatic N) is 3. The molecule has 21 heavy (non-hydrogen) atoms. The normalized spacial score (nSPS) is 11.2. The van der Waals surface area contributed by atoms with Crippen LogP contribution in [0, 0.1) is 6.92 Å². The second kappa shape index (κ2) is 6.02. The number of pyridine rings is 1. The fraction of sp³-hybridized carbons (Fsp3) is 0.250. The molecular weight excluding hydrogens is 294 g/mol. The first-order chi connectivity index (χ1) is 9.94. The monoisotopic (exact) mass is 309 g/mol. The maximum absolute atomic E-state index is 12.2. The standard InChI is InChI=1S/C12H15N5O3S/c1-8-5-11(20-2)16-12(15-8)17-21(18,19)10-4-3-9(6-13)14-7-10/h3-5,7H,6,13H2,1-2H3,(H,15,16,17). The number of anilines is 1. The molecule has 0 amide bonds. The molecule has 9 heteroatoms. The maximum atomic E-state index is 12.2. The van der Waals surface area contributed by atoms with E-state index in [4.69, 9.17) is 10.5 Å². The van der Waals surface area contributed by atoms with Crippen LogP contribution < -0.4 is 15.2 Å². The van der Waals surface area contributed by atoms with Crippen molar-refractivity contribution in [2.24, 2.45) is 5.73 Å². The summed E-state index contributed by atoms with van der Waals surface area (Å²) in [5.41, 5.74) is 6.60. The topological polar surface area (TPSA) is 120 Å². The quantitative estimate of drug-likeness (QED) is 0.822. The third-order valence-corrected chi connectivity index (χ3v) is 3.90. The minimum absolute atomic E-state index is 0.00349. The van der Waals surface area contributed by atoms with Gasteiger partial charge in [-0.25, -0.2) is 18.1 Å². The van der Waals surface area contributed by atoms with Crippen molar-refractivity contribution in [3.8, 4) is 5.88 Å². The number of sulfonamides is 1. The summed E-state index contributed by atoms with van der Waals surface area (Å²) in [7, 11) is -2.37. The summed E-state index contributed by atoms with van der Waals surface area (Å²) < 4.78 is 31.7. The maximum Gasteiger partial charge on any atom is 0.265 e. The van der Waals surface area contributed by atoms with Crippen molar-refractivity contribution in [1.82, 2.24) is 15.0 Å². The molecule has 2 aromatic rings. The molecule has 2 rings (SSSR count). The van der Waals surface area contributed by atoms with E-state index in [0.29, 0.717) is 11.4 Å². The lowest BCUT2D eigenvalue weighted by molar-refractivity contribution is 0.397. The van der Waals surface area contributed by atoms with E-state index in [1.165, 1.54) is 19.4 Å². The molecule has 0 fully saturated rings. The van der Waals surface area contributed by atoms with E-state index in [0.717, 1.165) is 0 Å². The molecule has 2 heterocycles. The summed E-state index contributed by atoms with van der Waals surface area (Å²) in [4.78, 5) is 11.9. The van der Waals surface area contributed by atoms with Gasteiger partial charge in [-0.3, -0.25) is 4.98 Å². The number of aromatic nitrogens is 3. The summed E-state index contributed by atoms with van der Waals surface area (Å²) in [6.07, 6.45) is 1.23. The zero-order chi connectivity index (χ0) is 15.5. The zero-order valence-electron chi connectivity index (χ0n) is 11.6. The van der Waals surface area contributed by atoms with E-state index < -0.39 is 10.0 Å².